The third kappa shape index (κ3) is 4.53. The summed E-state index contributed by atoms with van der Waals surface area (Å²) >= 11 is 0. The number of benzene rings is 3. The highest BCUT2D eigenvalue weighted by atomic mass is 32.2. The van der Waals surface area contributed by atoms with E-state index in [0.717, 1.165) is 11.1 Å². The fraction of sp³-hybridized carbons (Fsp3) is 0. The SMILES string of the molecule is N=S(=O)(c1ccc(C(=O)Nc2cc(-c3ccc(F)cc3)ccc2N)cc1)c1cnccc1O. The second-order valence-electron chi connectivity index (χ2n) is 7.19. The van der Waals surface area contributed by atoms with Crippen LogP contribution >= 0.6 is 0 Å². The molecule has 4 rings (SSSR count). The van der Waals surface area contributed by atoms with Crippen LogP contribution in [0.1, 0.15) is 10.4 Å². The molecule has 33 heavy (non-hydrogen) atoms. The molecule has 0 aliphatic carbocycles. The van der Waals surface area contributed by atoms with Crippen LogP contribution < -0.4 is 11.1 Å². The second kappa shape index (κ2) is 8.71. The second-order valence-corrected chi connectivity index (χ2v) is 9.21. The molecule has 0 spiro atoms. The van der Waals surface area contributed by atoms with E-state index >= 15 is 0 Å². The normalized spacial score (nSPS) is 12.6. The van der Waals surface area contributed by atoms with Gasteiger partial charge in [0.05, 0.1) is 16.3 Å². The first-order valence-electron chi connectivity index (χ1n) is 9.74. The topological polar surface area (TPSA) is 129 Å². The van der Waals surface area contributed by atoms with Crippen molar-refractivity contribution in [1.29, 1.82) is 4.78 Å². The number of hydrogen-bond acceptors (Lipinski definition) is 6. The molecule has 0 saturated carbocycles. The molecule has 9 heteroatoms. The van der Waals surface area contributed by atoms with Crippen molar-refractivity contribution in [3.8, 4) is 16.9 Å². The highest BCUT2D eigenvalue weighted by Gasteiger charge is 2.19. The summed E-state index contributed by atoms with van der Waals surface area (Å²) in [5.41, 5.74) is 8.52. The Labute approximate surface area is 189 Å². The summed E-state index contributed by atoms with van der Waals surface area (Å²) in [6.45, 7) is 0. The third-order valence-corrected chi connectivity index (χ3v) is 6.87. The maximum Gasteiger partial charge on any atom is 0.255 e. The van der Waals surface area contributed by atoms with Crippen LogP contribution in [-0.2, 0) is 9.73 Å². The van der Waals surface area contributed by atoms with Crippen molar-refractivity contribution in [3.63, 3.8) is 0 Å². The molecule has 166 valence electrons. The summed E-state index contributed by atoms with van der Waals surface area (Å²) in [7, 11) is -3.51. The van der Waals surface area contributed by atoms with Crippen LogP contribution in [0.5, 0.6) is 5.75 Å². The maximum atomic E-state index is 13.2. The summed E-state index contributed by atoms with van der Waals surface area (Å²) in [5.74, 6) is -1.09. The van der Waals surface area contributed by atoms with Gasteiger partial charge in [0.1, 0.15) is 26.2 Å². The molecule has 0 saturated heterocycles. The smallest absolute Gasteiger partial charge is 0.255 e. The van der Waals surface area contributed by atoms with Crippen LogP contribution in [0.3, 0.4) is 0 Å². The number of hydrogen-bond donors (Lipinski definition) is 4. The number of carbonyl (C=O) groups is 1. The van der Waals surface area contributed by atoms with Gasteiger partial charge in [-0.1, -0.05) is 18.2 Å². The summed E-state index contributed by atoms with van der Waals surface area (Å²) < 4.78 is 34.4. The van der Waals surface area contributed by atoms with Crippen LogP contribution in [0.25, 0.3) is 11.1 Å². The minimum absolute atomic E-state index is 0.104. The van der Waals surface area contributed by atoms with Crippen molar-refractivity contribution in [1.82, 2.24) is 4.98 Å². The van der Waals surface area contributed by atoms with E-state index in [4.69, 9.17) is 10.5 Å². The Morgan fingerprint density at radius 1 is 1.00 bits per heavy atom. The zero-order chi connectivity index (χ0) is 23.6. The molecule has 3 aromatic carbocycles. The molecule has 1 amide bonds. The van der Waals surface area contributed by atoms with Gasteiger partial charge < -0.3 is 16.2 Å². The monoisotopic (exact) mass is 462 g/mol. The molecule has 5 N–H and O–H groups in total. The Balaban J connectivity index is 1.57. The molecule has 0 fully saturated rings. The number of carbonyl (C=O) groups excluding carboxylic acids is 1. The minimum Gasteiger partial charge on any atom is -0.507 e. The number of nitrogens with zero attached hydrogens (tertiary/aromatic N) is 1. The van der Waals surface area contributed by atoms with E-state index in [2.05, 4.69) is 10.3 Å². The van der Waals surface area contributed by atoms with Crippen LogP contribution in [0.4, 0.5) is 15.8 Å². The summed E-state index contributed by atoms with van der Waals surface area (Å²) in [6.07, 6.45) is 2.51. The number of aromatic hydroxyl groups is 1. The number of amides is 1. The van der Waals surface area contributed by atoms with Gasteiger partial charge >= 0.3 is 0 Å². The van der Waals surface area contributed by atoms with E-state index in [1.165, 1.54) is 54.9 Å². The average Bonchev–Trinajstić information content (AvgIpc) is 2.81. The molecule has 1 unspecified atom stereocenters. The van der Waals surface area contributed by atoms with E-state index in [0.29, 0.717) is 11.4 Å². The quantitative estimate of drug-likeness (QED) is 0.314. The number of nitrogen functional groups attached to an aromatic ring is 1. The van der Waals surface area contributed by atoms with Crippen molar-refractivity contribution in [2.24, 2.45) is 0 Å². The highest BCUT2D eigenvalue weighted by molar-refractivity contribution is 7.92. The summed E-state index contributed by atoms with van der Waals surface area (Å²) in [4.78, 5) is 16.6. The lowest BCUT2D eigenvalue weighted by Gasteiger charge is -2.12. The number of anilines is 2. The Morgan fingerprint density at radius 3 is 2.33 bits per heavy atom. The van der Waals surface area contributed by atoms with Gasteiger partial charge in [-0.15, -0.1) is 0 Å². The Kier molecular flexibility index (Phi) is 5.80. The number of nitrogens with two attached hydrogens (primary N) is 1. The molecule has 0 radical (unpaired) electrons. The van der Waals surface area contributed by atoms with E-state index < -0.39 is 15.6 Å². The van der Waals surface area contributed by atoms with Crippen LogP contribution in [-0.4, -0.2) is 20.2 Å². The van der Waals surface area contributed by atoms with Crippen LogP contribution in [0, 0.1) is 10.6 Å². The van der Waals surface area contributed by atoms with E-state index in [1.807, 2.05) is 0 Å². The molecule has 1 atom stereocenters. The Morgan fingerprint density at radius 2 is 1.67 bits per heavy atom. The number of pyridine rings is 1. The average molecular weight is 463 g/mol. The lowest BCUT2D eigenvalue weighted by molar-refractivity contribution is 0.102. The lowest BCUT2D eigenvalue weighted by Crippen LogP contribution is -2.13. The molecular formula is C24H19FN4O3S. The van der Waals surface area contributed by atoms with Crippen molar-refractivity contribution in [3.05, 3.63) is 96.6 Å². The van der Waals surface area contributed by atoms with Gasteiger partial charge in [-0.25, -0.2) is 13.4 Å². The number of nitrogens with one attached hydrogen (secondary N) is 2. The van der Waals surface area contributed by atoms with Gasteiger partial charge in [-0.2, -0.15) is 0 Å². The van der Waals surface area contributed by atoms with Crippen LogP contribution in [0.15, 0.2) is 95.0 Å². The van der Waals surface area contributed by atoms with Crippen molar-refractivity contribution < 1.29 is 18.5 Å². The largest absolute Gasteiger partial charge is 0.507 e. The van der Waals surface area contributed by atoms with Gasteiger partial charge in [0.15, 0.2) is 0 Å². The van der Waals surface area contributed by atoms with Gasteiger partial charge in [-0.3, -0.25) is 9.78 Å². The highest BCUT2D eigenvalue weighted by Crippen LogP contribution is 2.30. The minimum atomic E-state index is -3.51. The maximum absolute atomic E-state index is 13.2. The summed E-state index contributed by atoms with van der Waals surface area (Å²) in [5, 5.41) is 12.7. The molecular weight excluding hydrogens is 443 g/mol. The fourth-order valence-corrected chi connectivity index (χ4v) is 4.55. The summed E-state index contributed by atoms with van der Waals surface area (Å²) in [6, 6.07) is 18.0. The first kappa shape index (κ1) is 22.0. The third-order valence-electron chi connectivity index (χ3n) is 5.00. The van der Waals surface area contributed by atoms with Crippen molar-refractivity contribution in [2.75, 3.05) is 11.1 Å². The molecule has 1 aromatic heterocycles. The predicted molar refractivity (Wildman–Crippen MR) is 124 cm³/mol. The van der Waals surface area contributed by atoms with Gasteiger partial charge in [0.25, 0.3) is 5.91 Å². The number of halogens is 1. The molecule has 0 aliphatic rings. The molecule has 1 heterocycles. The van der Waals surface area contributed by atoms with Gasteiger partial charge in [0, 0.05) is 18.0 Å². The molecule has 0 aliphatic heterocycles. The van der Waals surface area contributed by atoms with E-state index in [1.54, 1.807) is 30.3 Å². The zero-order valence-electron chi connectivity index (χ0n) is 17.2. The zero-order valence-corrected chi connectivity index (χ0v) is 18.0. The van der Waals surface area contributed by atoms with Gasteiger partial charge in [-0.05, 0) is 65.7 Å². The molecule has 7 nitrogen and oxygen atoms in total. The Hall–Kier alpha value is -4.24. The molecule has 4 aromatic rings. The van der Waals surface area contributed by atoms with Crippen molar-refractivity contribution in [2.45, 2.75) is 9.79 Å². The van der Waals surface area contributed by atoms with Crippen LogP contribution in [0.2, 0.25) is 0 Å². The first-order valence-corrected chi connectivity index (χ1v) is 11.3. The van der Waals surface area contributed by atoms with E-state index in [-0.39, 0.29) is 26.9 Å². The predicted octanol–water partition coefficient (Wildman–Crippen LogP) is 4.89. The standard InChI is InChI=1S/C24H19FN4O3S/c25-18-6-1-15(2-7-18)17-5-10-20(26)21(13-17)29-24(31)16-3-8-19(9-4-16)33(27,32)23-14-28-12-11-22(23)30/h1-14,27H,26H2,(H,28,30)(H,29,31). The Bertz CT molecular complexity index is 1440. The van der Waals surface area contributed by atoms with E-state index in [9.17, 15) is 18.5 Å². The molecule has 0 bridgehead atoms. The van der Waals surface area contributed by atoms with Crippen molar-refractivity contribution >= 4 is 27.0 Å². The van der Waals surface area contributed by atoms with Gasteiger partial charge in [0.2, 0.25) is 0 Å². The fourth-order valence-electron chi connectivity index (χ4n) is 3.20. The number of aromatic nitrogens is 1. The number of rotatable bonds is 5. The first-order chi connectivity index (χ1) is 15.8. The lowest BCUT2D eigenvalue weighted by atomic mass is 10.0.